The van der Waals surface area contributed by atoms with Crippen LogP contribution in [0.5, 0.6) is 0 Å². The highest BCUT2D eigenvalue weighted by atomic mass is 32.2. The number of hydrogen-bond acceptors (Lipinski definition) is 3. The summed E-state index contributed by atoms with van der Waals surface area (Å²) in [7, 11) is 0. The van der Waals surface area contributed by atoms with Crippen LogP contribution in [-0.4, -0.2) is 61.3 Å². The molecule has 0 amide bonds. The topological polar surface area (TPSA) is 36.9 Å². The van der Waals surface area contributed by atoms with Gasteiger partial charge in [-0.3, -0.25) is 4.99 Å². The standard InChI is InChI=1S/C16H31N3OS/c1-5-17-14(19-9-6-15(2,3)13-19)18-12-16(21-4)7-10-20-11-8-16/h5-13H2,1-4H3,(H,17,18). The van der Waals surface area contributed by atoms with Crippen molar-refractivity contribution in [3.05, 3.63) is 0 Å². The molecule has 122 valence electrons. The van der Waals surface area contributed by atoms with Gasteiger partial charge in [-0.05, 0) is 37.9 Å². The molecule has 2 rings (SSSR count). The van der Waals surface area contributed by atoms with E-state index >= 15 is 0 Å². The van der Waals surface area contributed by atoms with Crippen molar-refractivity contribution in [1.82, 2.24) is 10.2 Å². The molecular formula is C16H31N3OS. The third kappa shape index (κ3) is 4.52. The maximum absolute atomic E-state index is 5.52. The average Bonchev–Trinajstić information content (AvgIpc) is 2.84. The highest BCUT2D eigenvalue weighted by Gasteiger charge is 2.34. The fourth-order valence-electron chi connectivity index (χ4n) is 3.11. The van der Waals surface area contributed by atoms with E-state index in [4.69, 9.17) is 9.73 Å². The molecule has 2 fully saturated rings. The highest BCUT2D eigenvalue weighted by Crippen LogP contribution is 2.34. The summed E-state index contributed by atoms with van der Waals surface area (Å²) in [5.74, 6) is 1.10. The maximum Gasteiger partial charge on any atom is 0.193 e. The molecule has 0 bridgehead atoms. The third-order valence-electron chi connectivity index (χ3n) is 4.67. The molecule has 2 heterocycles. The lowest BCUT2D eigenvalue weighted by Gasteiger charge is -2.35. The Labute approximate surface area is 134 Å². The van der Waals surface area contributed by atoms with Crippen molar-refractivity contribution in [1.29, 1.82) is 0 Å². The summed E-state index contributed by atoms with van der Waals surface area (Å²) in [6, 6.07) is 0. The van der Waals surface area contributed by atoms with Gasteiger partial charge in [0.05, 0.1) is 6.54 Å². The van der Waals surface area contributed by atoms with Crippen molar-refractivity contribution >= 4 is 17.7 Å². The SMILES string of the molecule is CCNC(=NCC1(SC)CCOCC1)N1CCC(C)(C)C1. The summed E-state index contributed by atoms with van der Waals surface area (Å²) in [6.07, 6.45) is 5.69. The summed E-state index contributed by atoms with van der Waals surface area (Å²) >= 11 is 1.96. The Morgan fingerprint density at radius 1 is 1.29 bits per heavy atom. The summed E-state index contributed by atoms with van der Waals surface area (Å²) < 4.78 is 5.79. The second kappa shape index (κ2) is 7.23. The Bertz CT molecular complexity index is 365. The van der Waals surface area contributed by atoms with Gasteiger partial charge >= 0.3 is 0 Å². The Hall–Kier alpha value is -0.420. The molecule has 1 N–H and O–H groups in total. The molecule has 4 nitrogen and oxygen atoms in total. The van der Waals surface area contributed by atoms with E-state index in [1.54, 1.807) is 0 Å². The van der Waals surface area contributed by atoms with Crippen LogP contribution in [0.2, 0.25) is 0 Å². The van der Waals surface area contributed by atoms with E-state index in [0.29, 0.717) is 5.41 Å². The van der Waals surface area contributed by atoms with Crippen LogP contribution in [0.3, 0.4) is 0 Å². The molecule has 0 saturated carbocycles. The van der Waals surface area contributed by atoms with Crippen LogP contribution in [0.15, 0.2) is 4.99 Å². The molecule has 0 aromatic heterocycles. The lowest BCUT2D eigenvalue weighted by atomic mass is 9.93. The van der Waals surface area contributed by atoms with Crippen molar-refractivity contribution < 1.29 is 4.74 Å². The van der Waals surface area contributed by atoms with Crippen LogP contribution in [0.1, 0.15) is 40.0 Å². The Morgan fingerprint density at radius 3 is 2.52 bits per heavy atom. The summed E-state index contributed by atoms with van der Waals surface area (Å²) in [5, 5.41) is 3.48. The van der Waals surface area contributed by atoms with E-state index in [2.05, 4.69) is 37.2 Å². The van der Waals surface area contributed by atoms with Gasteiger partial charge in [0.2, 0.25) is 0 Å². The van der Waals surface area contributed by atoms with Gasteiger partial charge in [0.25, 0.3) is 0 Å². The van der Waals surface area contributed by atoms with Crippen LogP contribution in [0.4, 0.5) is 0 Å². The second-order valence-electron chi connectivity index (χ2n) is 7.01. The largest absolute Gasteiger partial charge is 0.381 e. The van der Waals surface area contributed by atoms with Crippen LogP contribution < -0.4 is 5.32 Å². The van der Waals surface area contributed by atoms with Crippen LogP contribution in [0.25, 0.3) is 0 Å². The van der Waals surface area contributed by atoms with Gasteiger partial charge in [0, 0.05) is 37.6 Å². The maximum atomic E-state index is 5.52. The summed E-state index contributed by atoms with van der Waals surface area (Å²) in [4.78, 5) is 7.41. The van der Waals surface area contributed by atoms with Crippen molar-refractivity contribution in [3.63, 3.8) is 0 Å². The molecule has 0 aromatic rings. The van der Waals surface area contributed by atoms with Crippen molar-refractivity contribution in [2.45, 2.75) is 44.8 Å². The Morgan fingerprint density at radius 2 is 2.00 bits per heavy atom. The zero-order valence-electron chi connectivity index (χ0n) is 14.1. The first-order valence-corrected chi connectivity index (χ1v) is 9.39. The first kappa shape index (κ1) is 16.9. The minimum Gasteiger partial charge on any atom is -0.381 e. The van der Waals surface area contributed by atoms with Gasteiger partial charge in [-0.25, -0.2) is 0 Å². The monoisotopic (exact) mass is 313 g/mol. The number of likely N-dealkylation sites (tertiary alicyclic amines) is 1. The number of ether oxygens (including phenoxy) is 1. The minimum atomic E-state index is 0.272. The van der Waals surface area contributed by atoms with Gasteiger partial charge in [-0.2, -0.15) is 11.8 Å². The van der Waals surface area contributed by atoms with Crippen molar-refractivity contribution in [2.75, 3.05) is 45.6 Å². The normalized spacial score (nSPS) is 25.1. The van der Waals surface area contributed by atoms with E-state index in [0.717, 1.165) is 58.2 Å². The molecule has 2 aliphatic rings. The van der Waals surface area contributed by atoms with E-state index in [9.17, 15) is 0 Å². The van der Waals surface area contributed by atoms with Crippen LogP contribution >= 0.6 is 11.8 Å². The quantitative estimate of drug-likeness (QED) is 0.639. The van der Waals surface area contributed by atoms with Gasteiger partial charge < -0.3 is 15.0 Å². The lowest BCUT2D eigenvalue weighted by Crippen LogP contribution is -2.43. The summed E-state index contributed by atoms with van der Waals surface area (Å²) in [6.45, 7) is 12.7. The number of guanidine groups is 1. The van der Waals surface area contributed by atoms with Gasteiger partial charge in [-0.15, -0.1) is 0 Å². The van der Waals surface area contributed by atoms with E-state index in [1.807, 2.05) is 11.8 Å². The third-order valence-corrected chi connectivity index (χ3v) is 6.07. The van der Waals surface area contributed by atoms with E-state index in [1.165, 1.54) is 6.42 Å². The molecule has 5 heteroatoms. The van der Waals surface area contributed by atoms with E-state index < -0.39 is 0 Å². The molecule has 0 aliphatic carbocycles. The molecule has 0 aromatic carbocycles. The molecule has 21 heavy (non-hydrogen) atoms. The molecule has 0 spiro atoms. The van der Waals surface area contributed by atoms with E-state index in [-0.39, 0.29) is 4.75 Å². The fraction of sp³-hybridized carbons (Fsp3) is 0.938. The fourth-order valence-corrected chi connectivity index (χ4v) is 3.88. The molecule has 2 saturated heterocycles. The summed E-state index contributed by atoms with van der Waals surface area (Å²) in [5.41, 5.74) is 0.409. The molecule has 0 atom stereocenters. The van der Waals surface area contributed by atoms with Gasteiger partial charge in [0.15, 0.2) is 5.96 Å². The minimum absolute atomic E-state index is 0.272. The molecular weight excluding hydrogens is 282 g/mol. The first-order chi connectivity index (χ1) is 10.0. The Kier molecular flexibility index (Phi) is 5.83. The highest BCUT2D eigenvalue weighted by molar-refractivity contribution is 8.00. The first-order valence-electron chi connectivity index (χ1n) is 8.16. The smallest absolute Gasteiger partial charge is 0.193 e. The number of rotatable bonds is 4. The Balaban J connectivity index is 2.03. The average molecular weight is 314 g/mol. The number of hydrogen-bond donors (Lipinski definition) is 1. The number of aliphatic imine (C=N–C) groups is 1. The van der Waals surface area contributed by atoms with Crippen molar-refractivity contribution in [2.24, 2.45) is 10.4 Å². The lowest BCUT2D eigenvalue weighted by molar-refractivity contribution is 0.0793. The van der Waals surface area contributed by atoms with Gasteiger partial charge in [0.1, 0.15) is 0 Å². The predicted molar refractivity (Wildman–Crippen MR) is 92.2 cm³/mol. The number of thioether (sulfide) groups is 1. The van der Waals surface area contributed by atoms with Crippen LogP contribution in [0, 0.1) is 5.41 Å². The predicted octanol–water partition coefficient (Wildman–Crippen LogP) is 2.60. The zero-order valence-corrected chi connectivity index (χ0v) is 14.9. The molecule has 0 unspecified atom stereocenters. The van der Waals surface area contributed by atoms with Gasteiger partial charge in [-0.1, -0.05) is 13.8 Å². The number of nitrogens with one attached hydrogen (secondary N) is 1. The molecule has 2 aliphatic heterocycles. The molecule has 0 radical (unpaired) electrons. The number of nitrogens with zero attached hydrogens (tertiary/aromatic N) is 2. The van der Waals surface area contributed by atoms with Crippen molar-refractivity contribution in [3.8, 4) is 0 Å². The second-order valence-corrected chi connectivity index (χ2v) is 8.28. The van der Waals surface area contributed by atoms with Crippen LogP contribution in [-0.2, 0) is 4.74 Å². The zero-order chi connectivity index (χ0) is 15.3.